The minimum absolute atomic E-state index is 0.565. The zero-order chi connectivity index (χ0) is 12.0. The summed E-state index contributed by atoms with van der Waals surface area (Å²) in [5.41, 5.74) is 0.891. The molecule has 0 unspecified atom stereocenters. The first-order valence-electron chi connectivity index (χ1n) is 4.44. The van der Waals surface area contributed by atoms with E-state index in [0.717, 1.165) is 40.8 Å². The molecule has 0 aromatic heterocycles. The molecule has 0 fully saturated rings. The molecule has 0 bridgehead atoms. The van der Waals surface area contributed by atoms with Crippen molar-refractivity contribution in [2.75, 3.05) is 18.0 Å². The Morgan fingerprint density at radius 1 is 0.875 bits per heavy atom. The van der Waals surface area contributed by atoms with Crippen molar-refractivity contribution in [3.05, 3.63) is 17.7 Å². The van der Waals surface area contributed by atoms with E-state index in [1.165, 1.54) is 0 Å². The molecule has 6 heteroatoms. The molecular weight excluding hydrogens is 273 g/mol. The lowest BCUT2D eigenvalue weighted by Gasteiger charge is -2.13. The van der Waals surface area contributed by atoms with Crippen molar-refractivity contribution in [2.45, 2.75) is 21.6 Å². The molecule has 1 aromatic rings. The number of alkyl halides is 3. The maximum atomic E-state index is 12.4. The topological polar surface area (TPSA) is 0 Å². The Kier molecular flexibility index (Phi) is 6.53. The highest BCUT2D eigenvalue weighted by Crippen LogP contribution is 2.40. The Morgan fingerprint density at radius 3 is 2.00 bits per heavy atom. The third-order valence-corrected chi connectivity index (χ3v) is 4.65. The van der Waals surface area contributed by atoms with Crippen LogP contribution in [0.3, 0.4) is 0 Å². The Balaban J connectivity index is 3.14. The van der Waals surface area contributed by atoms with Gasteiger partial charge in [0, 0.05) is 14.7 Å². The molecule has 1 aromatic carbocycles. The van der Waals surface area contributed by atoms with E-state index in [4.69, 9.17) is 0 Å². The maximum Gasteiger partial charge on any atom is 0.139 e. The standard InChI is InChI=1S/C10H11F3S3/c1-7-2-3-8(14-4-11)10(16-6-13)9(7)15-5-12/h2-3H,4-6H2,1H3. The van der Waals surface area contributed by atoms with E-state index >= 15 is 0 Å². The van der Waals surface area contributed by atoms with Crippen molar-refractivity contribution in [3.63, 3.8) is 0 Å². The number of hydrogen-bond acceptors (Lipinski definition) is 3. The molecular formula is C10H11F3S3. The van der Waals surface area contributed by atoms with Crippen LogP contribution in [0.5, 0.6) is 0 Å². The van der Waals surface area contributed by atoms with Gasteiger partial charge in [-0.25, -0.2) is 13.2 Å². The third-order valence-electron chi connectivity index (χ3n) is 1.88. The van der Waals surface area contributed by atoms with Crippen LogP contribution in [-0.4, -0.2) is 18.0 Å². The number of aryl methyl sites for hydroxylation is 1. The van der Waals surface area contributed by atoms with Crippen LogP contribution < -0.4 is 0 Å². The fourth-order valence-electron chi connectivity index (χ4n) is 1.24. The monoisotopic (exact) mass is 284 g/mol. The largest absolute Gasteiger partial charge is 0.239 e. The summed E-state index contributed by atoms with van der Waals surface area (Å²) in [4.78, 5) is 2.03. The van der Waals surface area contributed by atoms with Gasteiger partial charge < -0.3 is 0 Å². The number of benzene rings is 1. The van der Waals surface area contributed by atoms with Gasteiger partial charge in [0.25, 0.3) is 0 Å². The molecule has 0 aliphatic rings. The number of thioether (sulfide) groups is 3. The molecule has 90 valence electrons. The first kappa shape index (κ1) is 14.1. The lowest BCUT2D eigenvalue weighted by atomic mass is 10.2. The van der Waals surface area contributed by atoms with Crippen LogP contribution in [0.4, 0.5) is 13.2 Å². The predicted molar refractivity (Wildman–Crippen MR) is 66.7 cm³/mol. The van der Waals surface area contributed by atoms with Gasteiger partial charge in [-0.2, -0.15) is 0 Å². The molecule has 0 amide bonds. The Bertz CT molecular complexity index is 344. The highest BCUT2D eigenvalue weighted by Gasteiger charge is 2.13. The fraction of sp³-hybridized carbons (Fsp3) is 0.400. The second-order valence-corrected chi connectivity index (χ2v) is 5.58. The van der Waals surface area contributed by atoms with Crippen LogP contribution in [0.15, 0.2) is 26.8 Å². The molecule has 1 rings (SSSR count). The number of rotatable bonds is 6. The van der Waals surface area contributed by atoms with Crippen molar-refractivity contribution in [3.8, 4) is 0 Å². The first-order chi connectivity index (χ1) is 7.74. The second-order valence-electron chi connectivity index (χ2n) is 2.80. The summed E-state index contributed by atoms with van der Waals surface area (Å²) in [6, 6.07) is 1.83. The van der Waals surface area contributed by atoms with E-state index in [1.807, 2.05) is 6.92 Å². The molecule has 0 atom stereocenters. The van der Waals surface area contributed by atoms with Crippen LogP contribution in [0, 0.1) is 6.92 Å². The van der Waals surface area contributed by atoms with E-state index in [-0.39, 0.29) is 0 Å². The highest BCUT2D eigenvalue weighted by atomic mass is 32.2. The fourth-order valence-corrected chi connectivity index (χ4v) is 3.78. The second kappa shape index (κ2) is 7.40. The minimum atomic E-state index is -0.594. The van der Waals surface area contributed by atoms with E-state index < -0.39 is 18.0 Å². The Morgan fingerprint density at radius 2 is 1.44 bits per heavy atom. The molecule has 0 saturated heterocycles. The number of halogens is 3. The average Bonchev–Trinajstić information content (AvgIpc) is 2.27. The Hall–Kier alpha value is 0.0600. The van der Waals surface area contributed by atoms with Crippen molar-refractivity contribution < 1.29 is 13.2 Å². The summed E-state index contributed by atoms with van der Waals surface area (Å²) in [5.74, 6) is 0. The summed E-state index contributed by atoms with van der Waals surface area (Å²) < 4.78 is 37.1. The molecule has 0 nitrogen and oxygen atoms in total. The normalized spacial score (nSPS) is 10.8. The Labute approximate surface area is 106 Å². The molecule has 0 aliphatic heterocycles. The van der Waals surface area contributed by atoms with Gasteiger partial charge in [0.2, 0.25) is 0 Å². The van der Waals surface area contributed by atoms with Gasteiger partial charge in [-0.15, -0.1) is 0 Å². The summed E-state index contributed by atoms with van der Waals surface area (Å²) >= 11 is 3.00. The van der Waals surface area contributed by atoms with Gasteiger partial charge in [0.1, 0.15) is 18.0 Å². The van der Waals surface area contributed by atoms with Gasteiger partial charge in [0.15, 0.2) is 0 Å². The predicted octanol–water partition coefficient (Wildman–Crippen LogP) is 5.05. The summed E-state index contributed by atoms with van der Waals surface area (Å²) in [6.45, 7) is 1.84. The SMILES string of the molecule is Cc1ccc(SCF)c(SCF)c1SCF. The lowest BCUT2D eigenvalue weighted by Crippen LogP contribution is -1.89. The first-order valence-corrected chi connectivity index (χ1v) is 7.40. The van der Waals surface area contributed by atoms with E-state index in [2.05, 4.69) is 0 Å². The zero-order valence-electron chi connectivity index (χ0n) is 8.63. The molecule has 0 heterocycles. The molecule has 0 saturated carbocycles. The minimum Gasteiger partial charge on any atom is -0.239 e. The van der Waals surface area contributed by atoms with Crippen molar-refractivity contribution in [1.29, 1.82) is 0 Å². The summed E-state index contributed by atoms with van der Waals surface area (Å²) in [7, 11) is 0. The quantitative estimate of drug-likeness (QED) is 0.671. The molecule has 0 N–H and O–H groups in total. The van der Waals surface area contributed by atoms with Crippen LogP contribution in [0.25, 0.3) is 0 Å². The van der Waals surface area contributed by atoms with Crippen LogP contribution in [0.2, 0.25) is 0 Å². The van der Waals surface area contributed by atoms with Crippen molar-refractivity contribution in [1.82, 2.24) is 0 Å². The van der Waals surface area contributed by atoms with Gasteiger partial charge in [-0.05, 0) is 18.6 Å². The van der Waals surface area contributed by atoms with Crippen LogP contribution >= 0.6 is 35.3 Å². The van der Waals surface area contributed by atoms with Crippen LogP contribution in [0.1, 0.15) is 5.56 Å². The van der Waals surface area contributed by atoms with Crippen molar-refractivity contribution >= 4 is 35.3 Å². The maximum absolute atomic E-state index is 12.4. The van der Waals surface area contributed by atoms with Crippen molar-refractivity contribution in [2.24, 2.45) is 0 Å². The average molecular weight is 284 g/mol. The van der Waals surface area contributed by atoms with Gasteiger partial charge >= 0.3 is 0 Å². The molecule has 0 aliphatic carbocycles. The van der Waals surface area contributed by atoms with Gasteiger partial charge in [-0.1, -0.05) is 41.4 Å². The van der Waals surface area contributed by atoms with E-state index in [9.17, 15) is 13.2 Å². The van der Waals surface area contributed by atoms with Crippen LogP contribution in [-0.2, 0) is 0 Å². The summed E-state index contributed by atoms with van der Waals surface area (Å²) in [5, 5.41) is 0. The van der Waals surface area contributed by atoms with E-state index in [1.54, 1.807) is 12.1 Å². The molecule has 16 heavy (non-hydrogen) atoms. The molecule has 0 radical (unpaired) electrons. The summed E-state index contributed by atoms with van der Waals surface area (Å²) in [6.07, 6.45) is 0. The smallest absolute Gasteiger partial charge is 0.139 e. The lowest BCUT2D eigenvalue weighted by molar-refractivity contribution is 0.601. The zero-order valence-corrected chi connectivity index (χ0v) is 11.1. The number of hydrogen-bond donors (Lipinski definition) is 0. The highest BCUT2D eigenvalue weighted by molar-refractivity contribution is 8.03. The van der Waals surface area contributed by atoms with E-state index in [0.29, 0.717) is 14.7 Å². The third kappa shape index (κ3) is 3.53. The van der Waals surface area contributed by atoms with Gasteiger partial charge in [-0.3, -0.25) is 0 Å². The van der Waals surface area contributed by atoms with Gasteiger partial charge in [0.05, 0.1) is 0 Å². The molecule has 0 spiro atoms.